The van der Waals surface area contributed by atoms with Gasteiger partial charge < -0.3 is 5.73 Å². The van der Waals surface area contributed by atoms with E-state index in [2.05, 4.69) is 48.1 Å². The highest BCUT2D eigenvalue weighted by molar-refractivity contribution is 5.67. The van der Waals surface area contributed by atoms with Crippen molar-refractivity contribution in [1.82, 2.24) is 9.97 Å². The number of nitrogens with zero attached hydrogens (tertiary/aromatic N) is 2. The van der Waals surface area contributed by atoms with Crippen LogP contribution in [0.2, 0.25) is 0 Å². The second-order valence-corrected chi connectivity index (χ2v) is 4.79. The van der Waals surface area contributed by atoms with Crippen molar-refractivity contribution in [3.8, 4) is 11.3 Å². The zero-order valence-corrected chi connectivity index (χ0v) is 11.7. The van der Waals surface area contributed by atoms with Crippen molar-refractivity contribution < 1.29 is 0 Å². The highest BCUT2D eigenvalue weighted by Crippen LogP contribution is 2.26. The normalized spacial score (nSPS) is 10.6. The van der Waals surface area contributed by atoms with Gasteiger partial charge in [0, 0.05) is 11.1 Å². The fraction of sp³-hybridized carbons (Fsp3) is 0.375. The minimum Gasteiger partial charge on any atom is -0.383 e. The summed E-state index contributed by atoms with van der Waals surface area (Å²) in [7, 11) is 0. The quantitative estimate of drug-likeness (QED) is 0.887. The first-order chi connectivity index (χ1) is 9.26. The van der Waals surface area contributed by atoms with E-state index in [9.17, 15) is 0 Å². The lowest BCUT2D eigenvalue weighted by Gasteiger charge is -2.10. The molecule has 100 valence electrons. The van der Waals surface area contributed by atoms with E-state index in [0.29, 0.717) is 5.82 Å². The Morgan fingerprint density at radius 3 is 2.58 bits per heavy atom. The van der Waals surface area contributed by atoms with Gasteiger partial charge in [-0.05, 0) is 24.5 Å². The molecule has 3 heteroatoms. The average molecular weight is 255 g/mol. The van der Waals surface area contributed by atoms with Crippen LogP contribution >= 0.6 is 0 Å². The summed E-state index contributed by atoms with van der Waals surface area (Å²) in [6, 6.07) is 8.57. The molecule has 0 spiro atoms. The van der Waals surface area contributed by atoms with Crippen LogP contribution in [0.4, 0.5) is 5.82 Å². The molecule has 1 aromatic carbocycles. The number of benzene rings is 1. The molecule has 2 rings (SSSR count). The van der Waals surface area contributed by atoms with Gasteiger partial charge in [-0.15, -0.1) is 0 Å². The fourth-order valence-electron chi connectivity index (χ4n) is 2.33. The van der Waals surface area contributed by atoms with Gasteiger partial charge in [0.05, 0.1) is 5.69 Å². The number of aryl methyl sites for hydroxylation is 1. The summed E-state index contributed by atoms with van der Waals surface area (Å²) < 4.78 is 0. The summed E-state index contributed by atoms with van der Waals surface area (Å²) in [5.74, 6) is 0.604. The Morgan fingerprint density at radius 2 is 1.84 bits per heavy atom. The van der Waals surface area contributed by atoms with Gasteiger partial charge in [-0.3, -0.25) is 0 Å². The van der Waals surface area contributed by atoms with E-state index in [1.807, 2.05) is 0 Å². The molecule has 0 aliphatic rings. The molecule has 0 saturated heterocycles. The third-order valence-electron chi connectivity index (χ3n) is 3.22. The van der Waals surface area contributed by atoms with Gasteiger partial charge in [-0.25, -0.2) is 9.97 Å². The molecule has 2 aromatic rings. The maximum Gasteiger partial charge on any atom is 0.130 e. The van der Waals surface area contributed by atoms with Gasteiger partial charge in [-0.1, -0.05) is 44.9 Å². The van der Waals surface area contributed by atoms with E-state index in [1.165, 1.54) is 5.56 Å². The SMILES string of the molecule is CCCc1cccc(-c2ncnc(N)c2CCC)c1. The van der Waals surface area contributed by atoms with E-state index in [4.69, 9.17) is 5.73 Å². The highest BCUT2D eigenvalue weighted by Gasteiger charge is 2.10. The lowest BCUT2D eigenvalue weighted by Crippen LogP contribution is -2.02. The van der Waals surface area contributed by atoms with Crippen molar-refractivity contribution in [2.45, 2.75) is 39.5 Å². The Hall–Kier alpha value is -1.90. The third kappa shape index (κ3) is 3.11. The van der Waals surface area contributed by atoms with Crippen LogP contribution in [0.5, 0.6) is 0 Å². The number of nitrogen functional groups attached to an aromatic ring is 1. The molecule has 2 N–H and O–H groups in total. The molecule has 1 aromatic heterocycles. The fourth-order valence-corrected chi connectivity index (χ4v) is 2.33. The molecular weight excluding hydrogens is 234 g/mol. The first-order valence-corrected chi connectivity index (χ1v) is 6.94. The van der Waals surface area contributed by atoms with Gasteiger partial charge in [0.1, 0.15) is 12.1 Å². The van der Waals surface area contributed by atoms with Gasteiger partial charge >= 0.3 is 0 Å². The third-order valence-corrected chi connectivity index (χ3v) is 3.22. The highest BCUT2D eigenvalue weighted by atomic mass is 14.9. The maximum atomic E-state index is 5.99. The van der Waals surface area contributed by atoms with Crippen molar-refractivity contribution in [2.75, 3.05) is 5.73 Å². The molecule has 0 unspecified atom stereocenters. The minimum absolute atomic E-state index is 0.604. The van der Waals surface area contributed by atoms with Crippen LogP contribution in [0.15, 0.2) is 30.6 Å². The summed E-state index contributed by atoms with van der Waals surface area (Å²) in [4.78, 5) is 8.55. The summed E-state index contributed by atoms with van der Waals surface area (Å²) >= 11 is 0. The smallest absolute Gasteiger partial charge is 0.130 e. The molecule has 0 aliphatic heterocycles. The van der Waals surface area contributed by atoms with E-state index >= 15 is 0 Å². The molecule has 0 bridgehead atoms. The number of aromatic nitrogens is 2. The van der Waals surface area contributed by atoms with E-state index in [-0.39, 0.29) is 0 Å². The molecule has 0 saturated carbocycles. The summed E-state index contributed by atoms with van der Waals surface area (Å²) in [6.45, 7) is 4.33. The summed E-state index contributed by atoms with van der Waals surface area (Å²) in [6.07, 6.45) is 5.75. The average Bonchev–Trinajstić information content (AvgIpc) is 2.42. The summed E-state index contributed by atoms with van der Waals surface area (Å²) in [5.41, 5.74) is 10.5. The van der Waals surface area contributed by atoms with Gasteiger partial charge in [0.25, 0.3) is 0 Å². The molecular formula is C16H21N3. The molecule has 3 nitrogen and oxygen atoms in total. The van der Waals surface area contributed by atoms with Crippen molar-refractivity contribution in [3.63, 3.8) is 0 Å². The predicted octanol–water partition coefficient (Wildman–Crippen LogP) is 3.63. The van der Waals surface area contributed by atoms with Crippen molar-refractivity contribution in [2.24, 2.45) is 0 Å². The predicted molar refractivity (Wildman–Crippen MR) is 79.9 cm³/mol. The maximum absolute atomic E-state index is 5.99. The summed E-state index contributed by atoms with van der Waals surface area (Å²) in [5, 5.41) is 0. The molecule has 19 heavy (non-hydrogen) atoms. The number of anilines is 1. The van der Waals surface area contributed by atoms with Crippen LogP contribution in [-0.4, -0.2) is 9.97 Å². The van der Waals surface area contributed by atoms with Crippen LogP contribution < -0.4 is 5.73 Å². The first kappa shape index (κ1) is 13.5. The molecule has 0 fully saturated rings. The zero-order chi connectivity index (χ0) is 13.7. The Morgan fingerprint density at radius 1 is 1.05 bits per heavy atom. The Kier molecular flexibility index (Phi) is 4.50. The lowest BCUT2D eigenvalue weighted by atomic mass is 10.00. The number of hydrogen-bond acceptors (Lipinski definition) is 3. The lowest BCUT2D eigenvalue weighted by molar-refractivity contribution is 0.906. The van der Waals surface area contributed by atoms with Crippen LogP contribution in [-0.2, 0) is 12.8 Å². The van der Waals surface area contributed by atoms with Crippen LogP contribution in [0.3, 0.4) is 0 Å². The molecule has 0 amide bonds. The van der Waals surface area contributed by atoms with E-state index in [0.717, 1.165) is 42.5 Å². The Labute approximate surface area is 114 Å². The minimum atomic E-state index is 0.604. The van der Waals surface area contributed by atoms with E-state index < -0.39 is 0 Å². The second-order valence-electron chi connectivity index (χ2n) is 4.79. The number of nitrogens with two attached hydrogens (primary N) is 1. The monoisotopic (exact) mass is 255 g/mol. The standard InChI is InChI=1S/C16H21N3/c1-3-6-12-8-5-9-13(10-12)15-14(7-4-2)16(17)19-11-18-15/h5,8-11H,3-4,6-7H2,1-2H3,(H2,17,18,19). The second kappa shape index (κ2) is 6.32. The van der Waals surface area contributed by atoms with Crippen molar-refractivity contribution >= 4 is 5.82 Å². The molecule has 1 heterocycles. The molecule has 0 radical (unpaired) electrons. The first-order valence-electron chi connectivity index (χ1n) is 6.94. The van der Waals surface area contributed by atoms with Gasteiger partial charge in [-0.2, -0.15) is 0 Å². The van der Waals surface area contributed by atoms with E-state index in [1.54, 1.807) is 6.33 Å². The number of rotatable bonds is 5. The number of hydrogen-bond donors (Lipinski definition) is 1. The van der Waals surface area contributed by atoms with Crippen LogP contribution in [0.25, 0.3) is 11.3 Å². The van der Waals surface area contributed by atoms with Gasteiger partial charge in [0.2, 0.25) is 0 Å². The van der Waals surface area contributed by atoms with Gasteiger partial charge in [0.15, 0.2) is 0 Å². The molecule has 0 atom stereocenters. The van der Waals surface area contributed by atoms with Crippen molar-refractivity contribution in [1.29, 1.82) is 0 Å². The largest absolute Gasteiger partial charge is 0.383 e. The zero-order valence-electron chi connectivity index (χ0n) is 11.7. The Bertz CT molecular complexity index is 549. The molecule has 0 aliphatic carbocycles. The van der Waals surface area contributed by atoms with Crippen LogP contribution in [0.1, 0.15) is 37.8 Å². The Balaban J connectivity index is 2.46. The van der Waals surface area contributed by atoms with Crippen LogP contribution in [0, 0.1) is 0 Å². The van der Waals surface area contributed by atoms with Crippen molar-refractivity contribution in [3.05, 3.63) is 41.7 Å². The topological polar surface area (TPSA) is 51.8 Å².